The van der Waals surface area contributed by atoms with Gasteiger partial charge in [0.05, 0.1) is 16.7 Å². The highest BCUT2D eigenvalue weighted by molar-refractivity contribution is 9.10. The number of carbonyl (C=O) groups excluding carboxylic acids is 1. The van der Waals surface area contributed by atoms with Gasteiger partial charge in [0, 0.05) is 6.20 Å². The summed E-state index contributed by atoms with van der Waals surface area (Å²) in [4.78, 5) is 16.3. The molecule has 1 aliphatic rings. The van der Waals surface area contributed by atoms with Gasteiger partial charge in [0.25, 0.3) is 5.91 Å². The summed E-state index contributed by atoms with van der Waals surface area (Å²) in [6.45, 7) is 0.424. The van der Waals surface area contributed by atoms with Crippen LogP contribution in [0.15, 0.2) is 47.1 Å². The molecule has 1 unspecified atom stereocenters. The van der Waals surface area contributed by atoms with Gasteiger partial charge in [0.15, 0.2) is 6.10 Å². The monoisotopic (exact) mass is 333 g/mol. The minimum absolute atomic E-state index is 0.230. The van der Waals surface area contributed by atoms with Crippen molar-refractivity contribution in [3.8, 4) is 5.75 Å². The molecule has 20 heavy (non-hydrogen) atoms. The predicted octanol–water partition coefficient (Wildman–Crippen LogP) is 2.66. The van der Waals surface area contributed by atoms with E-state index in [2.05, 4.69) is 31.5 Å². The van der Waals surface area contributed by atoms with Crippen LogP contribution in [0, 0.1) is 0 Å². The minimum Gasteiger partial charge on any atom is -0.477 e. The van der Waals surface area contributed by atoms with Crippen LogP contribution in [-0.2, 0) is 4.79 Å². The second kappa shape index (κ2) is 5.50. The Hall–Kier alpha value is -2.08. The number of hydrogen-bond donors (Lipinski definition) is 2. The Morgan fingerprint density at radius 2 is 2.20 bits per heavy atom. The molecule has 2 N–H and O–H groups in total. The average molecular weight is 334 g/mol. The van der Waals surface area contributed by atoms with Crippen molar-refractivity contribution in [3.63, 3.8) is 0 Å². The number of nitrogens with zero attached hydrogens (tertiary/aromatic N) is 1. The SMILES string of the molecule is O=C(Nc1ncccc1Br)C1CNc2ccccc2O1. The van der Waals surface area contributed by atoms with Gasteiger partial charge in [-0.25, -0.2) is 4.98 Å². The lowest BCUT2D eigenvalue weighted by Crippen LogP contribution is -2.41. The molecule has 0 fully saturated rings. The fourth-order valence-electron chi connectivity index (χ4n) is 1.93. The fourth-order valence-corrected chi connectivity index (χ4v) is 2.29. The third kappa shape index (κ3) is 2.60. The third-order valence-electron chi connectivity index (χ3n) is 2.93. The summed E-state index contributed by atoms with van der Waals surface area (Å²) in [5.74, 6) is 0.936. The van der Waals surface area contributed by atoms with Gasteiger partial charge in [-0.3, -0.25) is 4.79 Å². The number of fused-ring (bicyclic) bond motifs is 1. The number of halogens is 1. The van der Waals surface area contributed by atoms with Crippen LogP contribution in [-0.4, -0.2) is 23.5 Å². The van der Waals surface area contributed by atoms with E-state index in [1.807, 2.05) is 30.3 Å². The van der Waals surface area contributed by atoms with Crippen molar-refractivity contribution in [2.75, 3.05) is 17.2 Å². The highest BCUT2D eigenvalue weighted by Gasteiger charge is 2.26. The molecular formula is C14H12BrN3O2. The topological polar surface area (TPSA) is 63.2 Å². The number of ether oxygens (including phenoxy) is 1. The Morgan fingerprint density at radius 3 is 3.05 bits per heavy atom. The molecular weight excluding hydrogens is 322 g/mol. The van der Waals surface area contributed by atoms with Gasteiger partial charge in [-0.1, -0.05) is 12.1 Å². The van der Waals surface area contributed by atoms with E-state index in [-0.39, 0.29) is 5.91 Å². The smallest absolute Gasteiger partial charge is 0.268 e. The number of benzene rings is 1. The van der Waals surface area contributed by atoms with Crippen molar-refractivity contribution in [1.82, 2.24) is 4.98 Å². The first-order chi connectivity index (χ1) is 9.74. The Kier molecular flexibility index (Phi) is 3.56. The highest BCUT2D eigenvalue weighted by atomic mass is 79.9. The molecule has 6 heteroatoms. The lowest BCUT2D eigenvalue weighted by Gasteiger charge is -2.26. The van der Waals surface area contributed by atoms with E-state index >= 15 is 0 Å². The number of carbonyl (C=O) groups is 1. The first-order valence-electron chi connectivity index (χ1n) is 6.15. The first-order valence-corrected chi connectivity index (χ1v) is 6.94. The molecule has 1 amide bonds. The molecule has 0 saturated carbocycles. The summed E-state index contributed by atoms with van der Waals surface area (Å²) in [7, 11) is 0. The van der Waals surface area contributed by atoms with Crippen LogP contribution in [0.4, 0.5) is 11.5 Å². The maximum atomic E-state index is 12.2. The van der Waals surface area contributed by atoms with Gasteiger partial charge >= 0.3 is 0 Å². The van der Waals surface area contributed by atoms with Crippen LogP contribution >= 0.6 is 15.9 Å². The van der Waals surface area contributed by atoms with Gasteiger partial charge in [-0.15, -0.1) is 0 Å². The van der Waals surface area contributed by atoms with Crippen LogP contribution in [0.25, 0.3) is 0 Å². The van der Waals surface area contributed by atoms with Gasteiger partial charge < -0.3 is 15.4 Å². The average Bonchev–Trinajstić information content (AvgIpc) is 2.49. The number of pyridine rings is 1. The van der Waals surface area contributed by atoms with Crippen molar-refractivity contribution in [3.05, 3.63) is 47.1 Å². The molecule has 2 aromatic rings. The Balaban J connectivity index is 1.72. The summed E-state index contributed by atoms with van der Waals surface area (Å²) in [5.41, 5.74) is 0.899. The maximum absolute atomic E-state index is 12.2. The molecule has 102 valence electrons. The maximum Gasteiger partial charge on any atom is 0.268 e. The van der Waals surface area contributed by atoms with Crippen molar-refractivity contribution in [2.24, 2.45) is 0 Å². The molecule has 0 bridgehead atoms. The van der Waals surface area contributed by atoms with Gasteiger partial charge in [-0.2, -0.15) is 0 Å². The number of rotatable bonds is 2. The Labute approximate surface area is 124 Å². The molecule has 3 rings (SSSR count). The number of nitrogens with one attached hydrogen (secondary N) is 2. The molecule has 0 spiro atoms. The van der Waals surface area contributed by atoms with Crippen molar-refractivity contribution in [1.29, 1.82) is 0 Å². The number of para-hydroxylation sites is 2. The van der Waals surface area contributed by atoms with Crippen molar-refractivity contribution < 1.29 is 9.53 Å². The highest BCUT2D eigenvalue weighted by Crippen LogP contribution is 2.28. The zero-order chi connectivity index (χ0) is 13.9. The van der Waals surface area contributed by atoms with Crippen molar-refractivity contribution >= 4 is 33.3 Å². The van der Waals surface area contributed by atoms with Gasteiger partial charge in [0.1, 0.15) is 11.6 Å². The van der Waals surface area contributed by atoms with E-state index in [4.69, 9.17) is 4.74 Å². The lowest BCUT2D eigenvalue weighted by molar-refractivity contribution is -0.122. The molecule has 2 heterocycles. The van der Waals surface area contributed by atoms with Crippen LogP contribution in [0.5, 0.6) is 5.75 Å². The Morgan fingerprint density at radius 1 is 1.35 bits per heavy atom. The summed E-state index contributed by atoms with van der Waals surface area (Å²) < 4.78 is 6.42. The van der Waals surface area contributed by atoms with E-state index in [0.717, 1.165) is 10.2 Å². The fraction of sp³-hybridized carbons (Fsp3) is 0.143. The number of hydrogen-bond acceptors (Lipinski definition) is 4. The second-order valence-corrected chi connectivity index (χ2v) is 5.16. The molecule has 5 nitrogen and oxygen atoms in total. The number of aromatic nitrogens is 1. The normalized spacial score (nSPS) is 16.6. The second-order valence-electron chi connectivity index (χ2n) is 4.31. The van der Waals surface area contributed by atoms with Crippen LogP contribution < -0.4 is 15.4 Å². The van der Waals surface area contributed by atoms with Gasteiger partial charge in [0.2, 0.25) is 0 Å². The largest absolute Gasteiger partial charge is 0.477 e. The predicted molar refractivity (Wildman–Crippen MR) is 79.9 cm³/mol. The third-order valence-corrected chi connectivity index (χ3v) is 3.57. The molecule has 0 saturated heterocycles. The van der Waals surface area contributed by atoms with Crippen molar-refractivity contribution in [2.45, 2.75) is 6.10 Å². The lowest BCUT2D eigenvalue weighted by atomic mass is 10.2. The molecule has 0 radical (unpaired) electrons. The van der Waals surface area contributed by atoms with Crippen LogP contribution in [0.1, 0.15) is 0 Å². The van der Waals surface area contributed by atoms with Crippen LogP contribution in [0.3, 0.4) is 0 Å². The van der Waals surface area contributed by atoms with Crippen LogP contribution in [0.2, 0.25) is 0 Å². The van der Waals surface area contributed by atoms with E-state index in [1.54, 1.807) is 12.3 Å². The molecule has 1 atom stereocenters. The summed E-state index contributed by atoms with van der Waals surface area (Å²) in [6.07, 6.45) is 1.04. The zero-order valence-corrected chi connectivity index (χ0v) is 12.1. The quantitative estimate of drug-likeness (QED) is 0.886. The van der Waals surface area contributed by atoms with E-state index in [1.165, 1.54) is 0 Å². The van der Waals surface area contributed by atoms with Gasteiger partial charge in [-0.05, 0) is 40.2 Å². The summed E-state index contributed by atoms with van der Waals surface area (Å²) in [5, 5.41) is 5.92. The molecule has 1 aliphatic heterocycles. The first kappa shape index (κ1) is 12.9. The molecule has 1 aromatic heterocycles. The standard InChI is InChI=1S/C14H12BrN3O2/c15-9-4-3-7-16-13(9)18-14(19)12-8-17-10-5-1-2-6-11(10)20-12/h1-7,12,17H,8H2,(H,16,18,19). The van der Waals surface area contributed by atoms with E-state index in [9.17, 15) is 4.79 Å². The minimum atomic E-state index is -0.584. The van der Waals surface area contributed by atoms with E-state index < -0.39 is 6.10 Å². The summed E-state index contributed by atoms with van der Waals surface area (Å²) >= 11 is 3.34. The molecule has 1 aromatic carbocycles. The zero-order valence-electron chi connectivity index (χ0n) is 10.5. The Bertz CT molecular complexity index is 648. The molecule has 0 aliphatic carbocycles. The van der Waals surface area contributed by atoms with E-state index in [0.29, 0.717) is 18.1 Å². The number of anilines is 2. The number of amides is 1. The summed E-state index contributed by atoms with van der Waals surface area (Å²) in [6, 6.07) is 11.1.